The molecule has 0 amide bonds. The molecule has 17 heavy (non-hydrogen) atoms. The quantitative estimate of drug-likeness (QED) is 0.335. The molecular formula is C10H12N2O4S. The third-order valence-electron chi connectivity index (χ3n) is 1.74. The van der Waals surface area contributed by atoms with E-state index in [1.165, 1.54) is 6.20 Å². The average Bonchev–Trinajstić information content (AvgIpc) is 2.34. The van der Waals surface area contributed by atoms with E-state index in [2.05, 4.69) is 4.98 Å². The van der Waals surface area contributed by atoms with Gasteiger partial charge in [0.1, 0.15) is 11.1 Å². The molecule has 0 atom stereocenters. The minimum Gasteiger partial charge on any atom is -0.465 e. The van der Waals surface area contributed by atoms with Gasteiger partial charge < -0.3 is 14.9 Å². The molecule has 92 valence electrons. The van der Waals surface area contributed by atoms with Crippen molar-refractivity contribution in [1.82, 2.24) is 4.98 Å². The molecular weight excluding hydrogens is 244 g/mol. The van der Waals surface area contributed by atoms with E-state index < -0.39 is 4.92 Å². The number of carbonyl (C=O) groups excluding carboxylic acids is 1. The molecule has 0 aliphatic rings. The van der Waals surface area contributed by atoms with Gasteiger partial charge in [0.25, 0.3) is 0 Å². The third-order valence-corrected chi connectivity index (χ3v) is 2.75. The number of rotatable bonds is 6. The van der Waals surface area contributed by atoms with Gasteiger partial charge in [0, 0.05) is 0 Å². The highest BCUT2D eigenvalue weighted by molar-refractivity contribution is 8.00. The Hall–Kier alpha value is -1.63. The van der Waals surface area contributed by atoms with Gasteiger partial charge >= 0.3 is 11.8 Å². The summed E-state index contributed by atoms with van der Waals surface area (Å²) in [5.41, 5.74) is 0. The highest BCUT2D eigenvalue weighted by atomic mass is 32.2. The number of nitro groups is 1. The standard InChI is InChI=1S/C10H12N2O4S/c1-2-6-16-9(13)7-17-8-4-3-5-11-10(8)12(14)15/h3-5H,2,6-7H2,1H3. The van der Waals surface area contributed by atoms with Crippen molar-refractivity contribution in [3.05, 3.63) is 28.4 Å². The monoisotopic (exact) mass is 256 g/mol. The van der Waals surface area contributed by atoms with Crippen LogP contribution in [0.2, 0.25) is 0 Å². The van der Waals surface area contributed by atoms with Gasteiger partial charge in [-0.3, -0.25) is 4.79 Å². The van der Waals surface area contributed by atoms with Crippen LogP contribution in [0.25, 0.3) is 0 Å². The van der Waals surface area contributed by atoms with Crippen LogP contribution >= 0.6 is 11.8 Å². The molecule has 0 radical (unpaired) electrons. The second-order valence-electron chi connectivity index (χ2n) is 3.09. The van der Waals surface area contributed by atoms with E-state index in [0.717, 1.165) is 18.2 Å². The van der Waals surface area contributed by atoms with Gasteiger partial charge in [0.15, 0.2) is 0 Å². The molecule has 0 spiro atoms. The summed E-state index contributed by atoms with van der Waals surface area (Å²) in [7, 11) is 0. The normalized spacial score (nSPS) is 9.94. The molecule has 1 rings (SSSR count). The highest BCUT2D eigenvalue weighted by Gasteiger charge is 2.15. The molecule has 0 aliphatic carbocycles. The summed E-state index contributed by atoms with van der Waals surface area (Å²) in [5.74, 6) is -0.567. The number of pyridine rings is 1. The summed E-state index contributed by atoms with van der Waals surface area (Å²) >= 11 is 1.06. The minimum absolute atomic E-state index is 0.0481. The van der Waals surface area contributed by atoms with Crippen LogP contribution in [0.5, 0.6) is 0 Å². The molecule has 0 aliphatic heterocycles. The zero-order valence-corrected chi connectivity index (χ0v) is 10.1. The molecule has 0 aromatic carbocycles. The highest BCUT2D eigenvalue weighted by Crippen LogP contribution is 2.26. The van der Waals surface area contributed by atoms with Crippen LogP contribution in [0.15, 0.2) is 23.2 Å². The van der Waals surface area contributed by atoms with Gasteiger partial charge in [-0.1, -0.05) is 6.92 Å². The molecule has 0 unspecified atom stereocenters. The zero-order valence-electron chi connectivity index (χ0n) is 9.29. The Morgan fingerprint density at radius 3 is 3.06 bits per heavy atom. The lowest BCUT2D eigenvalue weighted by molar-refractivity contribution is -0.392. The number of thioether (sulfide) groups is 1. The van der Waals surface area contributed by atoms with Crippen molar-refractivity contribution in [1.29, 1.82) is 0 Å². The first-order chi connectivity index (χ1) is 8.15. The van der Waals surface area contributed by atoms with Crippen LogP contribution in [-0.4, -0.2) is 28.2 Å². The smallest absolute Gasteiger partial charge is 0.377 e. The number of aromatic nitrogens is 1. The van der Waals surface area contributed by atoms with Crippen molar-refractivity contribution < 1.29 is 14.5 Å². The number of ether oxygens (including phenoxy) is 1. The molecule has 1 aromatic heterocycles. The van der Waals surface area contributed by atoms with E-state index in [0.29, 0.717) is 11.5 Å². The van der Waals surface area contributed by atoms with Crippen LogP contribution in [0.3, 0.4) is 0 Å². The van der Waals surface area contributed by atoms with E-state index in [1.54, 1.807) is 12.1 Å². The SMILES string of the molecule is CCCOC(=O)CSc1cccnc1[N+](=O)[O-]. The predicted molar refractivity (Wildman–Crippen MR) is 62.9 cm³/mol. The van der Waals surface area contributed by atoms with Gasteiger partial charge in [0.2, 0.25) is 0 Å². The fourth-order valence-corrected chi connectivity index (χ4v) is 1.81. The second kappa shape index (κ2) is 6.85. The summed E-state index contributed by atoms with van der Waals surface area (Å²) in [6, 6.07) is 3.15. The summed E-state index contributed by atoms with van der Waals surface area (Å²) in [4.78, 5) is 25.3. The van der Waals surface area contributed by atoms with Crippen LogP contribution in [-0.2, 0) is 9.53 Å². The summed E-state index contributed by atoms with van der Waals surface area (Å²) in [5, 5.41) is 10.7. The summed E-state index contributed by atoms with van der Waals surface area (Å²) < 4.78 is 4.86. The fraction of sp³-hybridized carbons (Fsp3) is 0.400. The first-order valence-electron chi connectivity index (χ1n) is 5.03. The van der Waals surface area contributed by atoms with Gasteiger partial charge in [0.05, 0.1) is 12.4 Å². The Bertz CT molecular complexity index is 411. The van der Waals surface area contributed by atoms with E-state index in [4.69, 9.17) is 4.74 Å². The molecule has 0 saturated heterocycles. The summed E-state index contributed by atoms with van der Waals surface area (Å²) in [6.07, 6.45) is 2.10. The lowest BCUT2D eigenvalue weighted by atomic mass is 10.5. The van der Waals surface area contributed by atoms with Gasteiger partial charge in [-0.15, -0.1) is 11.8 Å². The fourth-order valence-electron chi connectivity index (χ4n) is 1.03. The summed E-state index contributed by atoms with van der Waals surface area (Å²) in [6.45, 7) is 2.26. The number of hydrogen-bond donors (Lipinski definition) is 0. The number of hydrogen-bond acceptors (Lipinski definition) is 6. The maximum Gasteiger partial charge on any atom is 0.377 e. The Morgan fingerprint density at radius 2 is 2.41 bits per heavy atom. The van der Waals surface area contributed by atoms with Gasteiger partial charge in [-0.25, -0.2) is 0 Å². The van der Waals surface area contributed by atoms with Crippen molar-refractivity contribution in [3.8, 4) is 0 Å². The lowest BCUT2D eigenvalue weighted by Gasteiger charge is -2.03. The third kappa shape index (κ3) is 4.39. The van der Waals surface area contributed by atoms with Crippen molar-refractivity contribution in [2.24, 2.45) is 0 Å². The molecule has 7 heteroatoms. The molecule has 0 saturated carbocycles. The Balaban J connectivity index is 2.57. The lowest BCUT2D eigenvalue weighted by Crippen LogP contribution is -2.08. The topological polar surface area (TPSA) is 82.3 Å². The Morgan fingerprint density at radius 1 is 1.65 bits per heavy atom. The average molecular weight is 256 g/mol. The van der Waals surface area contributed by atoms with Gasteiger partial charge in [-0.2, -0.15) is 0 Å². The van der Waals surface area contributed by atoms with E-state index in [9.17, 15) is 14.9 Å². The van der Waals surface area contributed by atoms with Crippen molar-refractivity contribution in [3.63, 3.8) is 0 Å². The number of esters is 1. The first-order valence-corrected chi connectivity index (χ1v) is 6.01. The molecule has 1 heterocycles. The van der Waals surface area contributed by atoms with E-state index >= 15 is 0 Å². The van der Waals surface area contributed by atoms with E-state index in [1.807, 2.05) is 6.92 Å². The molecule has 0 bridgehead atoms. The molecule has 6 nitrogen and oxygen atoms in total. The second-order valence-corrected chi connectivity index (χ2v) is 4.11. The van der Waals surface area contributed by atoms with Crippen LogP contribution in [0, 0.1) is 10.1 Å². The Labute approximate surface area is 103 Å². The first kappa shape index (κ1) is 13.4. The predicted octanol–water partition coefficient (Wildman–Crippen LogP) is 2.04. The van der Waals surface area contributed by atoms with Crippen LogP contribution < -0.4 is 0 Å². The van der Waals surface area contributed by atoms with Crippen molar-refractivity contribution in [2.75, 3.05) is 12.4 Å². The maximum atomic E-state index is 11.2. The zero-order chi connectivity index (χ0) is 12.7. The molecule has 1 aromatic rings. The largest absolute Gasteiger partial charge is 0.465 e. The van der Waals surface area contributed by atoms with E-state index in [-0.39, 0.29) is 17.5 Å². The molecule has 0 fully saturated rings. The Kier molecular flexibility index (Phi) is 5.41. The maximum absolute atomic E-state index is 11.2. The van der Waals surface area contributed by atoms with Crippen molar-refractivity contribution >= 4 is 23.5 Å². The van der Waals surface area contributed by atoms with Crippen molar-refractivity contribution in [2.45, 2.75) is 18.2 Å². The number of carbonyl (C=O) groups is 1. The van der Waals surface area contributed by atoms with Crippen LogP contribution in [0.4, 0.5) is 5.82 Å². The minimum atomic E-state index is -0.570. The molecule has 0 N–H and O–H groups in total. The number of nitrogens with zero attached hydrogens (tertiary/aromatic N) is 2. The van der Waals surface area contributed by atoms with Gasteiger partial charge in [-0.05, 0) is 28.5 Å². The van der Waals surface area contributed by atoms with Crippen LogP contribution in [0.1, 0.15) is 13.3 Å².